The van der Waals surface area contributed by atoms with Gasteiger partial charge in [0.05, 0.1) is 12.5 Å². The average Bonchev–Trinajstić information content (AvgIpc) is 2.81. The van der Waals surface area contributed by atoms with Gasteiger partial charge in [0.2, 0.25) is 0 Å². The van der Waals surface area contributed by atoms with Gasteiger partial charge in [-0.3, -0.25) is 0 Å². The van der Waals surface area contributed by atoms with E-state index in [1.807, 2.05) is 0 Å². The summed E-state index contributed by atoms with van der Waals surface area (Å²) in [6, 6.07) is 4.54. The first kappa shape index (κ1) is 12.7. The normalized spacial score (nSPS) is 18.3. The van der Waals surface area contributed by atoms with Crippen LogP contribution in [0.15, 0.2) is 18.2 Å². The van der Waals surface area contributed by atoms with Crippen molar-refractivity contribution in [2.75, 3.05) is 7.11 Å². The summed E-state index contributed by atoms with van der Waals surface area (Å²) in [5, 5.41) is -0.149. The van der Waals surface area contributed by atoms with Gasteiger partial charge in [0.25, 0.3) is 0 Å². The van der Waals surface area contributed by atoms with Gasteiger partial charge in [-0.25, -0.2) is 4.39 Å². The van der Waals surface area contributed by atoms with Gasteiger partial charge in [-0.2, -0.15) is 0 Å². The molecule has 0 bridgehead atoms. The molecule has 1 aliphatic carbocycles. The number of hydrogen-bond acceptors (Lipinski definition) is 1. The molecule has 0 radical (unpaired) electrons. The third-order valence-corrected chi connectivity index (χ3v) is 3.96. The van der Waals surface area contributed by atoms with Crippen LogP contribution in [-0.4, -0.2) is 7.11 Å². The minimum absolute atomic E-state index is 0.149. The van der Waals surface area contributed by atoms with Crippen molar-refractivity contribution < 1.29 is 9.13 Å². The van der Waals surface area contributed by atoms with Gasteiger partial charge in [0, 0.05) is 5.56 Å². The number of rotatable bonds is 4. The summed E-state index contributed by atoms with van der Waals surface area (Å²) in [5.41, 5.74) is 0.779. The number of alkyl halides is 1. The van der Waals surface area contributed by atoms with Crippen LogP contribution in [0.4, 0.5) is 4.39 Å². The van der Waals surface area contributed by atoms with E-state index >= 15 is 0 Å². The van der Waals surface area contributed by atoms with E-state index in [2.05, 4.69) is 0 Å². The van der Waals surface area contributed by atoms with Crippen molar-refractivity contribution in [2.45, 2.75) is 37.5 Å². The van der Waals surface area contributed by atoms with Gasteiger partial charge in [0.15, 0.2) is 0 Å². The van der Waals surface area contributed by atoms with Crippen LogP contribution in [0, 0.1) is 11.7 Å². The molecule has 0 N–H and O–H groups in total. The topological polar surface area (TPSA) is 9.23 Å². The molecular weight excluding hydrogens is 239 g/mol. The number of halogens is 2. The molecule has 0 heterocycles. The van der Waals surface area contributed by atoms with E-state index in [0.717, 1.165) is 12.0 Å². The van der Waals surface area contributed by atoms with Crippen molar-refractivity contribution >= 4 is 11.6 Å². The molecule has 0 spiro atoms. The monoisotopic (exact) mass is 256 g/mol. The Bertz CT molecular complexity index is 374. The van der Waals surface area contributed by atoms with Crippen LogP contribution in [0.25, 0.3) is 0 Å². The second-order valence-corrected chi connectivity index (χ2v) is 5.27. The second kappa shape index (κ2) is 5.72. The van der Waals surface area contributed by atoms with Gasteiger partial charge < -0.3 is 4.74 Å². The molecule has 1 nitrogen and oxygen atoms in total. The van der Waals surface area contributed by atoms with Crippen molar-refractivity contribution in [3.63, 3.8) is 0 Å². The van der Waals surface area contributed by atoms with E-state index < -0.39 is 0 Å². The Labute approximate surface area is 107 Å². The van der Waals surface area contributed by atoms with E-state index in [-0.39, 0.29) is 11.2 Å². The molecule has 2 rings (SSSR count). The summed E-state index contributed by atoms with van der Waals surface area (Å²) in [6.07, 6.45) is 6.02. The number of ether oxygens (including phenoxy) is 1. The van der Waals surface area contributed by atoms with Gasteiger partial charge in [-0.05, 0) is 30.5 Å². The molecule has 1 aromatic rings. The Hall–Kier alpha value is -0.760. The van der Waals surface area contributed by atoms with Crippen LogP contribution in [0.3, 0.4) is 0 Å². The maximum absolute atomic E-state index is 13.2. The third kappa shape index (κ3) is 3.12. The molecule has 1 unspecified atom stereocenters. The lowest BCUT2D eigenvalue weighted by molar-refractivity contribution is 0.403. The lowest BCUT2D eigenvalue weighted by atomic mass is 9.97. The Balaban J connectivity index is 2.11. The summed E-state index contributed by atoms with van der Waals surface area (Å²) < 4.78 is 18.5. The molecule has 94 valence electrons. The van der Waals surface area contributed by atoms with Crippen LogP contribution in [0.2, 0.25) is 0 Å². The van der Waals surface area contributed by atoms with Crippen molar-refractivity contribution in [3.8, 4) is 5.75 Å². The van der Waals surface area contributed by atoms with E-state index in [4.69, 9.17) is 16.3 Å². The van der Waals surface area contributed by atoms with E-state index in [1.54, 1.807) is 13.2 Å². The maximum Gasteiger partial charge on any atom is 0.123 e. The van der Waals surface area contributed by atoms with Gasteiger partial charge >= 0.3 is 0 Å². The molecule has 1 aromatic carbocycles. The summed E-state index contributed by atoms with van der Waals surface area (Å²) in [5.74, 6) is 1.12. The molecule has 1 fully saturated rings. The lowest BCUT2D eigenvalue weighted by Crippen LogP contribution is -2.02. The predicted molar refractivity (Wildman–Crippen MR) is 68.1 cm³/mol. The highest BCUT2D eigenvalue weighted by Crippen LogP contribution is 2.39. The van der Waals surface area contributed by atoms with Crippen LogP contribution in [-0.2, 0) is 0 Å². The molecule has 1 atom stereocenters. The summed E-state index contributed by atoms with van der Waals surface area (Å²) >= 11 is 6.40. The fraction of sp³-hybridized carbons (Fsp3) is 0.571. The maximum atomic E-state index is 13.2. The highest BCUT2D eigenvalue weighted by Gasteiger charge is 2.22. The first-order valence-corrected chi connectivity index (χ1v) is 6.62. The number of benzene rings is 1. The molecule has 0 aliphatic heterocycles. The molecule has 0 amide bonds. The van der Waals surface area contributed by atoms with Crippen molar-refractivity contribution in [2.24, 2.45) is 5.92 Å². The van der Waals surface area contributed by atoms with Crippen molar-refractivity contribution in [1.29, 1.82) is 0 Å². The van der Waals surface area contributed by atoms with Crippen molar-refractivity contribution in [1.82, 2.24) is 0 Å². The van der Waals surface area contributed by atoms with Crippen LogP contribution in [0.5, 0.6) is 5.75 Å². The van der Waals surface area contributed by atoms with Crippen LogP contribution in [0.1, 0.15) is 43.0 Å². The molecule has 0 aromatic heterocycles. The first-order chi connectivity index (χ1) is 8.20. The molecular formula is C14H18ClFO. The minimum Gasteiger partial charge on any atom is -0.496 e. The zero-order valence-corrected chi connectivity index (χ0v) is 10.8. The lowest BCUT2D eigenvalue weighted by Gasteiger charge is -2.17. The summed E-state index contributed by atoms with van der Waals surface area (Å²) in [4.78, 5) is 0. The standard InChI is InChI=1S/C14H18ClFO/c1-17-14-7-6-11(16)9-12(14)13(15)8-10-4-2-3-5-10/h6-7,9-10,13H,2-5,8H2,1H3. The van der Waals surface area contributed by atoms with Crippen LogP contribution >= 0.6 is 11.6 Å². The minimum atomic E-state index is -0.252. The quantitative estimate of drug-likeness (QED) is 0.710. The Morgan fingerprint density at radius 3 is 2.76 bits per heavy atom. The molecule has 1 saturated carbocycles. The zero-order valence-electron chi connectivity index (χ0n) is 10.1. The third-order valence-electron chi connectivity index (χ3n) is 3.54. The smallest absolute Gasteiger partial charge is 0.123 e. The highest BCUT2D eigenvalue weighted by molar-refractivity contribution is 6.21. The fourth-order valence-corrected chi connectivity index (χ4v) is 3.04. The molecule has 1 aliphatic rings. The summed E-state index contributed by atoms with van der Waals surface area (Å²) in [6.45, 7) is 0. The summed E-state index contributed by atoms with van der Waals surface area (Å²) in [7, 11) is 1.59. The number of hydrogen-bond donors (Lipinski definition) is 0. The Kier molecular flexibility index (Phi) is 4.27. The van der Waals surface area contributed by atoms with E-state index in [9.17, 15) is 4.39 Å². The Morgan fingerprint density at radius 1 is 1.41 bits per heavy atom. The van der Waals surface area contributed by atoms with E-state index in [1.165, 1.54) is 37.8 Å². The van der Waals surface area contributed by atoms with Gasteiger partial charge in [-0.1, -0.05) is 25.7 Å². The van der Waals surface area contributed by atoms with Gasteiger partial charge in [0.1, 0.15) is 11.6 Å². The molecule has 3 heteroatoms. The van der Waals surface area contributed by atoms with Crippen LogP contribution < -0.4 is 4.74 Å². The van der Waals surface area contributed by atoms with Crippen molar-refractivity contribution in [3.05, 3.63) is 29.6 Å². The fourth-order valence-electron chi connectivity index (χ4n) is 2.62. The molecule has 0 saturated heterocycles. The van der Waals surface area contributed by atoms with E-state index in [0.29, 0.717) is 11.7 Å². The van der Waals surface area contributed by atoms with Gasteiger partial charge in [-0.15, -0.1) is 11.6 Å². The first-order valence-electron chi connectivity index (χ1n) is 6.18. The predicted octanol–water partition coefficient (Wildman–Crippen LogP) is 4.69. The second-order valence-electron chi connectivity index (χ2n) is 4.74. The highest BCUT2D eigenvalue weighted by atomic mass is 35.5. The molecule has 17 heavy (non-hydrogen) atoms. The average molecular weight is 257 g/mol. The number of methoxy groups -OCH3 is 1. The SMILES string of the molecule is COc1ccc(F)cc1C(Cl)CC1CCCC1. The largest absolute Gasteiger partial charge is 0.496 e. The zero-order chi connectivity index (χ0) is 12.3. The Morgan fingerprint density at radius 2 is 2.12 bits per heavy atom.